The quantitative estimate of drug-likeness (QED) is 0.793. The Morgan fingerprint density at radius 1 is 1.25 bits per heavy atom. The average Bonchev–Trinajstić information content (AvgIpc) is 2.17. The molecule has 1 atom stereocenters. The highest BCUT2D eigenvalue weighted by Crippen LogP contribution is 2.34. The summed E-state index contributed by atoms with van der Waals surface area (Å²) in [6, 6.07) is 0. The number of hydrogen-bond donors (Lipinski definition) is 1. The minimum atomic E-state index is 0.503. The number of nitrogens with zero attached hydrogens (tertiary/aromatic N) is 1. The summed E-state index contributed by atoms with van der Waals surface area (Å²) in [5.41, 5.74) is 0.503. The molecular formula is C14H30N2. The summed E-state index contributed by atoms with van der Waals surface area (Å²) in [7, 11) is 2.04. The Labute approximate surface area is 102 Å². The van der Waals surface area contributed by atoms with Gasteiger partial charge in [0.15, 0.2) is 0 Å². The Hall–Kier alpha value is -0.0800. The van der Waals surface area contributed by atoms with Crippen LogP contribution in [0.5, 0.6) is 0 Å². The van der Waals surface area contributed by atoms with Crippen molar-refractivity contribution in [2.75, 3.05) is 33.2 Å². The minimum absolute atomic E-state index is 0.503. The van der Waals surface area contributed by atoms with Gasteiger partial charge in [-0.05, 0) is 56.8 Å². The predicted octanol–water partition coefficient (Wildman–Crippen LogP) is 2.60. The monoisotopic (exact) mass is 226 g/mol. The molecule has 96 valence electrons. The molecule has 1 saturated heterocycles. The molecule has 1 unspecified atom stereocenters. The zero-order chi connectivity index (χ0) is 12.2. The molecule has 16 heavy (non-hydrogen) atoms. The molecule has 0 radical (unpaired) electrons. The maximum absolute atomic E-state index is 3.26. The van der Waals surface area contributed by atoms with Gasteiger partial charge in [0.1, 0.15) is 0 Å². The van der Waals surface area contributed by atoms with Crippen molar-refractivity contribution >= 4 is 0 Å². The van der Waals surface area contributed by atoms with Crippen molar-refractivity contribution < 1.29 is 0 Å². The zero-order valence-electron chi connectivity index (χ0n) is 11.8. The minimum Gasteiger partial charge on any atom is -0.319 e. The van der Waals surface area contributed by atoms with Crippen LogP contribution in [0.25, 0.3) is 0 Å². The molecule has 0 aliphatic carbocycles. The molecule has 1 rings (SSSR count). The van der Waals surface area contributed by atoms with Crippen molar-refractivity contribution in [2.45, 2.75) is 40.5 Å². The van der Waals surface area contributed by atoms with E-state index in [1.807, 2.05) is 7.05 Å². The number of rotatable bonds is 4. The number of hydrogen-bond acceptors (Lipinski definition) is 2. The van der Waals surface area contributed by atoms with Gasteiger partial charge in [0.05, 0.1) is 0 Å². The molecular weight excluding hydrogens is 196 g/mol. The summed E-state index contributed by atoms with van der Waals surface area (Å²) in [6.07, 6.45) is 2.77. The van der Waals surface area contributed by atoms with E-state index in [0.29, 0.717) is 5.41 Å². The van der Waals surface area contributed by atoms with E-state index < -0.39 is 0 Å². The van der Waals surface area contributed by atoms with E-state index in [1.54, 1.807) is 0 Å². The van der Waals surface area contributed by atoms with E-state index in [-0.39, 0.29) is 0 Å². The Kier molecular flexibility index (Phi) is 5.26. The second-order valence-corrected chi connectivity index (χ2v) is 6.60. The van der Waals surface area contributed by atoms with Crippen LogP contribution in [0.15, 0.2) is 0 Å². The molecule has 1 aliphatic heterocycles. The number of nitrogens with one attached hydrogen (secondary N) is 1. The molecule has 1 aliphatic rings. The first kappa shape index (κ1) is 14.0. The van der Waals surface area contributed by atoms with Crippen LogP contribution in [0, 0.1) is 17.3 Å². The third kappa shape index (κ3) is 4.42. The van der Waals surface area contributed by atoms with Gasteiger partial charge in [-0.3, -0.25) is 0 Å². The summed E-state index contributed by atoms with van der Waals surface area (Å²) in [5, 5.41) is 3.26. The van der Waals surface area contributed by atoms with Crippen molar-refractivity contribution in [2.24, 2.45) is 17.3 Å². The van der Waals surface area contributed by atoms with Gasteiger partial charge in [-0.15, -0.1) is 0 Å². The van der Waals surface area contributed by atoms with Crippen LogP contribution in [0.1, 0.15) is 40.5 Å². The van der Waals surface area contributed by atoms with E-state index in [4.69, 9.17) is 0 Å². The van der Waals surface area contributed by atoms with Gasteiger partial charge in [0.25, 0.3) is 0 Å². The van der Waals surface area contributed by atoms with Crippen molar-refractivity contribution in [1.82, 2.24) is 10.2 Å². The molecule has 0 aromatic rings. The predicted molar refractivity (Wildman–Crippen MR) is 71.7 cm³/mol. The summed E-state index contributed by atoms with van der Waals surface area (Å²) in [5.74, 6) is 1.69. The maximum atomic E-state index is 3.26. The lowest BCUT2D eigenvalue weighted by atomic mass is 9.75. The highest BCUT2D eigenvalue weighted by Gasteiger charge is 2.28. The highest BCUT2D eigenvalue weighted by molar-refractivity contribution is 4.81. The normalized spacial score (nSPS) is 22.3. The molecule has 2 heteroatoms. The molecule has 0 spiro atoms. The van der Waals surface area contributed by atoms with E-state index in [1.165, 1.54) is 32.5 Å². The van der Waals surface area contributed by atoms with Gasteiger partial charge in [-0.2, -0.15) is 0 Å². The van der Waals surface area contributed by atoms with Crippen molar-refractivity contribution in [3.05, 3.63) is 0 Å². The second kappa shape index (κ2) is 6.02. The van der Waals surface area contributed by atoms with Crippen LogP contribution in [-0.4, -0.2) is 38.1 Å². The fraction of sp³-hybridized carbons (Fsp3) is 1.00. The Balaban J connectivity index is 2.27. The summed E-state index contributed by atoms with van der Waals surface area (Å²) in [4.78, 5) is 2.64. The lowest BCUT2D eigenvalue weighted by Crippen LogP contribution is -2.41. The maximum Gasteiger partial charge on any atom is 0.00191 e. The molecule has 0 bridgehead atoms. The van der Waals surface area contributed by atoms with E-state index in [2.05, 4.69) is 37.9 Å². The molecule has 2 nitrogen and oxygen atoms in total. The summed E-state index contributed by atoms with van der Waals surface area (Å²) >= 11 is 0. The molecule has 1 fully saturated rings. The SMILES string of the molecule is CNCC(C)CN1CCC(C(C)(C)C)CC1. The Morgan fingerprint density at radius 2 is 1.81 bits per heavy atom. The first-order valence-electron chi connectivity index (χ1n) is 6.80. The van der Waals surface area contributed by atoms with E-state index in [0.717, 1.165) is 18.4 Å². The first-order valence-corrected chi connectivity index (χ1v) is 6.80. The van der Waals surface area contributed by atoms with Crippen LogP contribution < -0.4 is 5.32 Å². The molecule has 0 amide bonds. The molecule has 0 saturated carbocycles. The first-order chi connectivity index (χ1) is 7.43. The number of piperidine rings is 1. The van der Waals surface area contributed by atoms with Crippen molar-refractivity contribution in [3.63, 3.8) is 0 Å². The molecule has 1 N–H and O–H groups in total. The standard InChI is InChI=1S/C14H30N2/c1-12(10-15-5)11-16-8-6-13(7-9-16)14(2,3)4/h12-13,15H,6-11H2,1-5H3. The topological polar surface area (TPSA) is 15.3 Å². The summed E-state index contributed by atoms with van der Waals surface area (Å²) in [6.45, 7) is 14.5. The van der Waals surface area contributed by atoms with Gasteiger partial charge in [0, 0.05) is 6.54 Å². The highest BCUT2D eigenvalue weighted by atomic mass is 15.1. The van der Waals surface area contributed by atoms with Gasteiger partial charge in [-0.25, -0.2) is 0 Å². The largest absolute Gasteiger partial charge is 0.319 e. The smallest absolute Gasteiger partial charge is 0.00191 e. The summed E-state index contributed by atoms with van der Waals surface area (Å²) < 4.78 is 0. The average molecular weight is 226 g/mol. The fourth-order valence-electron chi connectivity index (χ4n) is 2.84. The molecule has 0 aromatic carbocycles. The van der Waals surface area contributed by atoms with Crippen LogP contribution in [0.4, 0.5) is 0 Å². The van der Waals surface area contributed by atoms with Gasteiger partial charge < -0.3 is 10.2 Å². The van der Waals surface area contributed by atoms with E-state index >= 15 is 0 Å². The fourth-order valence-corrected chi connectivity index (χ4v) is 2.84. The Morgan fingerprint density at radius 3 is 2.25 bits per heavy atom. The second-order valence-electron chi connectivity index (χ2n) is 6.60. The van der Waals surface area contributed by atoms with Gasteiger partial charge >= 0.3 is 0 Å². The van der Waals surface area contributed by atoms with E-state index in [9.17, 15) is 0 Å². The van der Waals surface area contributed by atoms with Gasteiger partial charge in [0.2, 0.25) is 0 Å². The zero-order valence-corrected chi connectivity index (χ0v) is 11.8. The van der Waals surface area contributed by atoms with Gasteiger partial charge in [-0.1, -0.05) is 27.7 Å². The van der Waals surface area contributed by atoms with Crippen LogP contribution in [0.2, 0.25) is 0 Å². The van der Waals surface area contributed by atoms with Crippen molar-refractivity contribution in [1.29, 1.82) is 0 Å². The van der Waals surface area contributed by atoms with Crippen molar-refractivity contribution in [3.8, 4) is 0 Å². The number of likely N-dealkylation sites (tertiary alicyclic amines) is 1. The van der Waals surface area contributed by atoms with Crippen LogP contribution >= 0.6 is 0 Å². The van der Waals surface area contributed by atoms with Crippen LogP contribution in [-0.2, 0) is 0 Å². The van der Waals surface area contributed by atoms with Crippen LogP contribution in [0.3, 0.4) is 0 Å². The lowest BCUT2D eigenvalue weighted by Gasteiger charge is -2.39. The molecule has 1 heterocycles. The third-order valence-corrected chi connectivity index (χ3v) is 3.93. The Bertz CT molecular complexity index is 187. The molecule has 0 aromatic heterocycles. The third-order valence-electron chi connectivity index (χ3n) is 3.93. The lowest BCUT2D eigenvalue weighted by molar-refractivity contribution is 0.103.